The Morgan fingerprint density at radius 2 is 1.97 bits per heavy atom. The van der Waals surface area contributed by atoms with Crippen LogP contribution < -0.4 is 5.43 Å². The Bertz CT molecular complexity index is 1180. The van der Waals surface area contributed by atoms with Gasteiger partial charge in [0.1, 0.15) is 0 Å². The number of amides is 2. The smallest absolute Gasteiger partial charge is 0.262 e. The first-order valence-electron chi connectivity index (χ1n) is 10.8. The summed E-state index contributed by atoms with van der Waals surface area (Å²) in [6.07, 6.45) is 8.38. The molecule has 1 fully saturated rings. The monoisotopic (exact) mass is 429 g/mol. The number of nitrogens with one attached hydrogen (secondary N) is 1. The Balaban J connectivity index is 1.41. The molecule has 0 saturated carbocycles. The second-order valence-electron chi connectivity index (χ2n) is 8.11. The van der Waals surface area contributed by atoms with E-state index in [-0.39, 0.29) is 17.7 Å². The van der Waals surface area contributed by atoms with E-state index in [0.29, 0.717) is 12.2 Å². The van der Waals surface area contributed by atoms with Crippen LogP contribution in [0.1, 0.15) is 47.0 Å². The van der Waals surface area contributed by atoms with Gasteiger partial charge in [0.2, 0.25) is 5.91 Å². The first-order valence-corrected chi connectivity index (χ1v) is 10.8. The Kier molecular flexibility index (Phi) is 6.16. The number of pyridine rings is 1. The van der Waals surface area contributed by atoms with Gasteiger partial charge in [-0.15, -0.1) is 0 Å². The quantitative estimate of drug-likeness (QED) is 0.628. The molecule has 1 aliphatic heterocycles. The topological polar surface area (TPSA) is 80.1 Å². The third kappa shape index (κ3) is 4.61. The van der Waals surface area contributed by atoms with Gasteiger partial charge in [-0.25, -0.2) is 4.98 Å². The first-order chi connectivity index (χ1) is 15.4. The van der Waals surface area contributed by atoms with Crippen LogP contribution in [0, 0.1) is 20.8 Å². The van der Waals surface area contributed by atoms with Crippen LogP contribution in [0.15, 0.2) is 55.0 Å². The molecule has 1 N–H and O–H groups in total. The first kappa shape index (κ1) is 21.5. The van der Waals surface area contributed by atoms with E-state index in [1.165, 1.54) is 11.1 Å². The van der Waals surface area contributed by atoms with Gasteiger partial charge >= 0.3 is 0 Å². The molecule has 1 aliphatic rings. The largest absolute Gasteiger partial charge is 0.304 e. The highest BCUT2D eigenvalue weighted by Gasteiger charge is 2.31. The Hall–Kier alpha value is -3.74. The van der Waals surface area contributed by atoms with Crippen molar-refractivity contribution in [3.63, 3.8) is 0 Å². The van der Waals surface area contributed by atoms with Gasteiger partial charge in [0.05, 0.1) is 35.0 Å². The Morgan fingerprint density at radius 3 is 2.69 bits per heavy atom. The zero-order valence-corrected chi connectivity index (χ0v) is 18.6. The predicted octanol–water partition coefficient (Wildman–Crippen LogP) is 3.64. The van der Waals surface area contributed by atoms with E-state index >= 15 is 0 Å². The summed E-state index contributed by atoms with van der Waals surface area (Å²) in [7, 11) is 0. The van der Waals surface area contributed by atoms with Crippen molar-refractivity contribution in [2.45, 2.75) is 39.5 Å². The number of aryl methyl sites for hydroxylation is 3. The summed E-state index contributed by atoms with van der Waals surface area (Å²) >= 11 is 0. The fraction of sp³-hybridized carbons (Fsp3) is 0.280. The summed E-state index contributed by atoms with van der Waals surface area (Å²) in [6.45, 7) is 6.37. The molecule has 7 heteroatoms. The van der Waals surface area contributed by atoms with Gasteiger partial charge in [-0.3, -0.25) is 25.0 Å². The van der Waals surface area contributed by atoms with Crippen molar-refractivity contribution in [1.29, 1.82) is 0 Å². The van der Waals surface area contributed by atoms with Crippen molar-refractivity contribution in [3.05, 3.63) is 83.2 Å². The molecule has 164 valence electrons. The number of carbonyl (C=O) groups is 2. The van der Waals surface area contributed by atoms with Crippen molar-refractivity contribution in [2.75, 3.05) is 6.54 Å². The summed E-state index contributed by atoms with van der Waals surface area (Å²) in [5.74, 6) is -0.642. The highest BCUT2D eigenvalue weighted by Crippen LogP contribution is 2.29. The summed E-state index contributed by atoms with van der Waals surface area (Å²) in [6, 6.07) is 11.7. The molecule has 0 bridgehead atoms. The summed E-state index contributed by atoms with van der Waals surface area (Å²) in [5.41, 5.74) is 8.22. The van der Waals surface area contributed by atoms with Crippen molar-refractivity contribution < 1.29 is 9.59 Å². The minimum absolute atomic E-state index is 0.0683. The SMILES string of the molecule is Cc1cn(-c2ccc(/C=C/C(=O)NN3CCCC(c4ccccc4C)C3=O)nc2C)cn1. The zero-order chi connectivity index (χ0) is 22.7. The maximum absolute atomic E-state index is 13.0. The zero-order valence-electron chi connectivity index (χ0n) is 18.6. The van der Waals surface area contributed by atoms with E-state index in [2.05, 4.69) is 15.4 Å². The van der Waals surface area contributed by atoms with Crippen LogP contribution in [0.4, 0.5) is 0 Å². The molecular weight excluding hydrogens is 402 g/mol. The average molecular weight is 430 g/mol. The molecule has 0 spiro atoms. The summed E-state index contributed by atoms with van der Waals surface area (Å²) < 4.78 is 1.92. The van der Waals surface area contributed by atoms with E-state index in [9.17, 15) is 9.59 Å². The molecule has 3 aromatic rings. The second-order valence-corrected chi connectivity index (χ2v) is 8.11. The molecule has 32 heavy (non-hydrogen) atoms. The molecular formula is C25H27N5O2. The molecule has 2 aromatic heterocycles. The van der Waals surface area contributed by atoms with Crippen LogP contribution in [0.3, 0.4) is 0 Å². The van der Waals surface area contributed by atoms with Gasteiger partial charge in [-0.05, 0) is 62.9 Å². The van der Waals surface area contributed by atoms with E-state index in [4.69, 9.17) is 0 Å². The number of benzene rings is 1. The van der Waals surface area contributed by atoms with Gasteiger partial charge in [0.25, 0.3) is 5.91 Å². The Labute approximate surface area is 187 Å². The molecule has 1 unspecified atom stereocenters. The highest BCUT2D eigenvalue weighted by molar-refractivity contribution is 5.94. The molecule has 2 amide bonds. The number of rotatable bonds is 5. The normalized spacial score (nSPS) is 16.5. The molecule has 3 heterocycles. The molecule has 1 aromatic carbocycles. The third-order valence-electron chi connectivity index (χ3n) is 5.72. The van der Waals surface area contributed by atoms with E-state index in [0.717, 1.165) is 41.0 Å². The van der Waals surface area contributed by atoms with Crippen molar-refractivity contribution in [1.82, 2.24) is 25.0 Å². The average Bonchev–Trinajstić information content (AvgIpc) is 3.20. The lowest BCUT2D eigenvalue weighted by Crippen LogP contribution is -2.50. The number of piperidine rings is 1. The van der Waals surface area contributed by atoms with Gasteiger partial charge in [-0.1, -0.05) is 24.3 Å². The van der Waals surface area contributed by atoms with Gasteiger partial charge < -0.3 is 4.57 Å². The number of nitrogens with zero attached hydrogens (tertiary/aromatic N) is 4. The maximum Gasteiger partial charge on any atom is 0.262 e. The number of hydrogen-bond donors (Lipinski definition) is 1. The summed E-state index contributed by atoms with van der Waals surface area (Å²) in [5, 5.41) is 1.44. The second kappa shape index (κ2) is 9.18. The minimum Gasteiger partial charge on any atom is -0.304 e. The van der Waals surface area contributed by atoms with Gasteiger partial charge in [0, 0.05) is 18.8 Å². The number of imidazole rings is 1. The van der Waals surface area contributed by atoms with Crippen molar-refractivity contribution in [3.8, 4) is 5.69 Å². The van der Waals surface area contributed by atoms with E-state index in [1.807, 2.05) is 67.9 Å². The third-order valence-corrected chi connectivity index (χ3v) is 5.72. The van der Waals surface area contributed by atoms with E-state index < -0.39 is 0 Å². The number of hydrazine groups is 1. The maximum atomic E-state index is 13.0. The van der Waals surface area contributed by atoms with E-state index in [1.54, 1.807) is 12.4 Å². The molecule has 0 aliphatic carbocycles. The number of carbonyl (C=O) groups excluding carboxylic acids is 2. The lowest BCUT2D eigenvalue weighted by atomic mass is 9.88. The van der Waals surface area contributed by atoms with Crippen LogP contribution in [0.25, 0.3) is 11.8 Å². The minimum atomic E-state index is -0.349. The van der Waals surface area contributed by atoms with Crippen LogP contribution >= 0.6 is 0 Å². The lowest BCUT2D eigenvalue weighted by molar-refractivity contribution is -0.143. The summed E-state index contributed by atoms with van der Waals surface area (Å²) in [4.78, 5) is 34.3. The van der Waals surface area contributed by atoms with Gasteiger partial charge in [0.15, 0.2) is 0 Å². The van der Waals surface area contributed by atoms with Crippen LogP contribution in [0.5, 0.6) is 0 Å². The van der Waals surface area contributed by atoms with Crippen molar-refractivity contribution in [2.24, 2.45) is 0 Å². The Morgan fingerprint density at radius 1 is 1.16 bits per heavy atom. The standard InChI is InChI=1S/C25H27N5O2/c1-17-7-4-5-8-21(17)22-9-6-14-30(25(22)32)28-24(31)13-11-20-10-12-23(19(3)27-20)29-15-18(2)26-16-29/h4-5,7-8,10-13,15-16,22H,6,9,14H2,1-3H3,(H,28,31)/b13-11+. The molecule has 1 saturated heterocycles. The lowest BCUT2D eigenvalue weighted by Gasteiger charge is -2.32. The molecule has 7 nitrogen and oxygen atoms in total. The fourth-order valence-corrected chi connectivity index (χ4v) is 4.08. The molecule has 4 rings (SSSR count). The molecule has 1 atom stereocenters. The fourth-order valence-electron chi connectivity index (χ4n) is 4.08. The van der Waals surface area contributed by atoms with Crippen LogP contribution in [-0.4, -0.2) is 37.9 Å². The highest BCUT2D eigenvalue weighted by atomic mass is 16.2. The van der Waals surface area contributed by atoms with Crippen molar-refractivity contribution >= 4 is 17.9 Å². The van der Waals surface area contributed by atoms with Gasteiger partial charge in [-0.2, -0.15) is 0 Å². The number of aromatic nitrogens is 3. The molecule has 0 radical (unpaired) electrons. The number of hydrogen-bond acceptors (Lipinski definition) is 4. The predicted molar refractivity (Wildman–Crippen MR) is 123 cm³/mol. The van der Waals surface area contributed by atoms with Crippen LogP contribution in [0.2, 0.25) is 0 Å². The van der Waals surface area contributed by atoms with Crippen LogP contribution in [-0.2, 0) is 9.59 Å².